The lowest BCUT2D eigenvalue weighted by molar-refractivity contribution is 0.0736. The van der Waals surface area contributed by atoms with E-state index >= 15 is 0 Å². The molecule has 3 heterocycles. The van der Waals surface area contributed by atoms with Crippen molar-refractivity contribution in [1.29, 1.82) is 0 Å². The number of carbonyl (C=O) groups excluding carboxylic acids is 1. The fraction of sp³-hybridized carbons (Fsp3) is 0.286. The van der Waals surface area contributed by atoms with E-state index in [9.17, 15) is 4.79 Å². The number of piperazine rings is 1. The van der Waals surface area contributed by atoms with Crippen LogP contribution in [-0.2, 0) is 0 Å². The van der Waals surface area contributed by atoms with Gasteiger partial charge in [-0.1, -0.05) is 17.3 Å². The molecule has 4 rings (SSSR count). The Morgan fingerprint density at radius 3 is 2.63 bits per heavy atom. The van der Waals surface area contributed by atoms with Crippen molar-refractivity contribution in [3.63, 3.8) is 0 Å². The van der Waals surface area contributed by atoms with Gasteiger partial charge in [0.1, 0.15) is 0 Å². The smallest absolute Gasteiger partial charge is 0.276 e. The van der Waals surface area contributed by atoms with Crippen LogP contribution >= 0.6 is 0 Å². The quantitative estimate of drug-likeness (QED) is 0.715. The molecule has 0 atom stereocenters. The summed E-state index contributed by atoms with van der Waals surface area (Å²) in [6.45, 7) is 7.23. The summed E-state index contributed by atoms with van der Waals surface area (Å²) in [5.74, 6) is 0.468. The van der Waals surface area contributed by atoms with E-state index in [1.54, 1.807) is 18.5 Å². The van der Waals surface area contributed by atoms with Gasteiger partial charge < -0.3 is 14.3 Å². The minimum atomic E-state index is -0.0884. The molecule has 1 fully saturated rings. The molecule has 0 saturated carbocycles. The second-order valence-corrected chi connectivity index (χ2v) is 6.82. The number of benzene rings is 1. The zero-order valence-corrected chi connectivity index (χ0v) is 15.6. The van der Waals surface area contributed by atoms with E-state index in [0.717, 1.165) is 18.7 Å². The maximum absolute atomic E-state index is 12.8. The van der Waals surface area contributed by atoms with Crippen LogP contribution in [0, 0.1) is 13.8 Å². The molecule has 1 aliphatic heterocycles. The van der Waals surface area contributed by atoms with Crippen LogP contribution in [0.1, 0.15) is 21.6 Å². The van der Waals surface area contributed by atoms with Gasteiger partial charge in [-0.3, -0.25) is 9.78 Å². The molecular weight excluding hydrogens is 340 g/mol. The summed E-state index contributed by atoms with van der Waals surface area (Å²) in [6.07, 6.45) is 3.39. The van der Waals surface area contributed by atoms with Gasteiger partial charge in [0.25, 0.3) is 5.91 Å². The van der Waals surface area contributed by atoms with E-state index in [2.05, 4.69) is 47.1 Å². The molecule has 3 aromatic rings. The minimum Gasteiger partial charge on any atom is -0.368 e. The zero-order chi connectivity index (χ0) is 18.8. The number of aryl methyl sites for hydroxylation is 1. The summed E-state index contributed by atoms with van der Waals surface area (Å²) >= 11 is 0. The number of pyridine rings is 1. The van der Waals surface area contributed by atoms with Crippen molar-refractivity contribution < 1.29 is 9.32 Å². The number of anilines is 1. The summed E-state index contributed by atoms with van der Waals surface area (Å²) in [5, 5.41) is 3.96. The topological polar surface area (TPSA) is 62.5 Å². The maximum atomic E-state index is 12.8. The van der Waals surface area contributed by atoms with Crippen LogP contribution in [0.15, 0.2) is 53.3 Å². The number of amides is 1. The lowest BCUT2D eigenvalue weighted by atomic mass is 10.1. The Kier molecular flexibility index (Phi) is 4.62. The third kappa shape index (κ3) is 3.43. The average molecular weight is 362 g/mol. The zero-order valence-electron chi connectivity index (χ0n) is 15.6. The normalized spacial score (nSPS) is 14.4. The predicted molar refractivity (Wildman–Crippen MR) is 104 cm³/mol. The monoisotopic (exact) mass is 362 g/mol. The first-order chi connectivity index (χ1) is 13.1. The van der Waals surface area contributed by atoms with Crippen LogP contribution in [0.4, 0.5) is 5.69 Å². The first-order valence-corrected chi connectivity index (χ1v) is 9.11. The van der Waals surface area contributed by atoms with Crippen LogP contribution in [0.3, 0.4) is 0 Å². The molecule has 1 aromatic carbocycles. The van der Waals surface area contributed by atoms with Crippen molar-refractivity contribution in [1.82, 2.24) is 15.0 Å². The molecule has 1 saturated heterocycles. The Hall–Kier alpha value is -3.15. The second-order valence-electron chi connectivity index (χ2n) is 6.82. The van der Waals surface area contributed by atoms with E-state index < -0.39 is 0 Å². The molecule has 0 aliphatic carbocycles. The van der Waals surface area contributed by atoms with E-state index in [1.807, 2.05) is 17.0 Å². The van der Waals surface area contributed by atoms with Crippen molar-refractivity contribution >= 4 is 11.6 Å². The highest BCUT2D eigenvalue weighted by Gasteiger charge is 2.25. The third-order valence-electron chi connectivity index (χ3n) is 5.16. The van der Waals surface area contributed by atoms with E-state index in [-0.39, 0.29) is 5.91 Å². The minimum absolute atomic E-state index is 0.0884. The fourth-order valence-corrected chi connectivity index (χ4v) is 3.41. The van der Waals surface area contributed by atoms with Gasteiger partial charge in [0.2, 0.25) is 0 Å². The van der Waals surface area contributed by atoms with Gasteiger partial charge in [-0.25, -0.2) is 0 Å². The van der Waals surface area contributed by atoms with Crippen LogP contribution in [0.25, 0.3) is 11.3 Å². The Labute approximate surface area is 158 Å². The molecule has 0 spiro atoms. The predicted octanol–water partition coefficient (Wildman–Crippen LogP) is 3.32. The van der Waals surface area contributed by atoms with Gasteiger partial charge in [-0.15, -0.1) is 0 Å². The van der Waals surface area contributed by atoms with Gasteiger partial charge >= 0.3 is 0 Å². The molecule has 2 aromatic heterocycles. The molecule has 1 amide bonds. The summed E-state index contributed by atoms with van der Waals surface area (Å²) in [7, 11) is 0. The number of nitrogens with zero attached hydrogens (tertiary/aromatic N) is 4. The summed E-state index contributed by atoms with van der Waals surface area (Å²) in [6, 6.07) is 11.8. The summed E-state index contributed by atoms with van der Waals surface area (Å²) in [4.78, 5) is 21.0. The molecule has 6 heteroatoms. The van der Waals surface area contributed by atoms with Gasteiger partial charge in [0, 0.05) is 55.9 Å². The number of rotatable bonds is 3. The highest BCUT2D eigenvalue weighted by Crippen LogP contribution is 2.25. The molecule has 0 bridgehead atoms. The van der Waals surface area contributed by atoms with Crippen molar-refractivity contribution in [2.24, 2.45) is 0 Å². The average Bonchev–Trinajstić information content (AvgIpc) is 3.21. The van der Waals surface area contributed by atoms with E-state index in [1.165, 1.54) is 16.8 Å². The third-order valence-corrected chi connectivity index (χ3v) is 5.16. The van der Waals surface area contributed by atoms with Gasteiger partial charge in [0.05, 0.1) is 0 Å². The highest BCUT2D eigenvalue weighted by atomic mass is 16.5. The molecule has 0 unspecified atom stereocenters. The van der Waals surface area contributed by atoms with E-state index in [0.29, 0.717) is 24.5 Å². The number of hydrogen-bond donors (Lipinski definition) is 0. The Balaban J connectivity index is 1.43. The summed E-state index contributed by atoms with van der Waals surface area (Å²) < 4.78 is 5.33. The Bertz CT molecular complexity index is 944. The molecule has 6 nitrogen and oxygen atoms in total. The maximum Gasteiger partial charge on any atom is 0.276 e. The van der Waals surface area contributed by atoms with Crippen LogP contribution in [0.2, 0.25) is 0 Å². The van der Waals surface area contributed by atoms with Crippen LogP contribution in [0.5, 0.6) is 0 Å². The number of hydrogen-bond acceptors (Lipinski definition) is 5. The number of carbonyl (C=O) groups is 1. The lowest BCUT2D eigenvalue weighted by Crippen LogP contribution is -2.49. The molecule has 1 aliphatic rings. The Morgan fingerprint density at radius 1 is 1.07 bits per heavy atom. The molecule has 27 heavy (non-hydrogen) atoms. The van der Waals surface area contributed by atoms with Gasteiger partial charge in [0.15, 0.2) is 11.5 Å². The molecule has 0 radical (unpaired) electrons. The van der Waals surface area contributed by atoms with Crippen molar-refractivity contribution in [3.05, 3.63) is 65.6 Å². The highest BCUT2D eigenvalue weighted by molar-refractivity contribution is 5.93. The fourth-order valence-electron chi connectivity index (χ4n) is 3.41. The standard InChI is InChI=1S/C21H22N4O2/c1-15-5-3-7-19(16(15)2)24-9-11-25(12-10-24)21(26)18-13-20(27-23-18)17-6-4-8-22-14-17/h3-8,13-14H,9-12H2,1-2H3. The van der Waals surface area contributed by atoms with Crippen LogP contribution in [-0.4, -0.2) is 47.1 Å². The lowest BCUT2D eigenvalue weighted by Gasteiger charge is -2.36. The second kappa shape index (κ2) is 7.23. The van der Waals surface area contributed by atoms with Gasteiger partial charge in [-0.05, 0) is 43.2 Å². The molecular formula is C21H22N4O2. The van der Waals surface area contributed by atoms with Gasteiger partial charge in [-0.2, -0.15) is 0 Å². The van der Waals surface area contributed by atoms with E-state index in [4.69, 9.17) is 4.52 Å². The van der Waals surface area contributed by atoms with Crippen molar-refractivity contribution in [2.45, 2.75) is 13.8 Å². The summed E-state index contributed by atoms with van der Waals surface area (Å²) in [5.41, 5.74) is 4.99. The number of aromatic nitrogens is 2. The molecule has 138 valence electrons. The van der Waals surface area contributed by atoms with Crippen LogP contribution < -0.4 is 4.90 Å². The van der Waals surface area contributed by atoms with Crippen molar-refractivity contribution in [3.8, 4) is 11.3 Å². The molecule has 0 N–H and O–H groups in total. The largest absolute Gasteiger partial charge is 0.368 e. The Morgan fingerprint density at radius 2 is 1.89 bits per heavy atom. The SMILES string of the molecule is Cc1cccc(N2CCN(C(=O)c3cc(-c4cccnc4)on3)CC2)c1C. The van der Waals surface area contributed by atoms with Crippen molar-refractivity contribution in [2.75, 3.05) is 31.1 Å². The first kappa shape index (κ1) is 17.3. The first-order valence-electron chi connectivity index (χ1n) is 9.11.